The van der Waals surface area contributed by atoms with Gasteiger partial charge in [-0.3, -0.25) is 0 Å². The van der Waals surface area contributed by atoms with Gasteiger partial charge in [0.2, 0.25) is 0 Å². The summed E-state index contributed by atoms with van der Waals surface area (Å²) in [5.41, 5.74) is 0. The van der Waals surface area contributed by atoms with E-state index in [-0.39, 0.29) is 0 Å². The van der Waals surface area contributed by atoms with Crippen LogP contribution in [0.4, 0.5) is 0 Å². The molecule has 0 bridgehead atoms. The van der Waals surface area contributed by atoms with Gasteiger partial charge in [-0.15, -0.1) is 0 Å². The van der Waals surface area contributed by atoms with Crippen LogP contribution in [-0.4, -0.2) is 33.9 Å². The van der Waals surface area contributed by atoms with Crippen LogP contribution in [0.15, 0.2) is 0 Å². The summed E-state index contributed by atoms with van der Waals surface area (Å²) < 4.78 is 23.1. The molecule has 2 radical (unpaired) electrons. The second-order valence-electron chi connectivity index (χ2n) is 2.67. The van der Waals surface area contributed by atoms with Crippen molar-refractivity contribution in [3.05, 3.63) is 0 Å². The van der Waals surface area contributed by atoms with E-state index in [2.05, 4.69) is 0 Å². The van der Waals surface area contributed by atoms with Gasteiger partial charge in [-0.05, 0) is 0 Å². The SMILES string of the molecule is C[CH2][Sn][S](=O)(=O)CC(C)C. The fourth-order valence-electron chi connectivity index (χ4n) is 0.718. The molecule has 0 heterocycles. The Bertz CT molecular complexity index is 172. The Morgan fingerprint density at radius 3 is 2.20 bits per heavy atom. The zero-order chi connectivity index (χ0) is 8.20. The molecule has 0 saturated heterocycles. The van der Waals surface area contributed by atoms with Gasteiger partial charge in [0.1, 0.15) is 0 Å². The van der Waals surface area contributed by atoms with E-state index in [1.165, 1.54) is 0 Å². The van der Waals surface area contributed by atoms with Crippen molar-refractivity contribution >= 4 is 26.8 Å². The molecule has 60 valence electrons. The first-order chi connectivity index (χ1) is 4.48. The monoisotopic (exact) mass is 270 g/mol. The summed E-state index contributed by atoms with van der Waals surface area (Å²) in [5, 5.41) is 0. The molecule has 0 fully saturated rings. The summed E-state index contributed by atoms with van der Waals surface area (Å²) in [4.78, 5) is 0. The zero-order valence-corrected chi connectivity index (χ0v) is 10.4. The summed E-state index contributed by atoms with van der Waals surface area (Å²) in [5.74, 6) is 0.713. The van der Waals surface area contributed by atoms with Crippen LogP contribution < -0.4 is 0 Å². The molecule has 0 saturated carbocycles. The Labute approximate surface area is 72.0 Å². The summed E-state index contributed by atoms with van der Waals surface area (Å²) in [6, 6.07) is 0. The van der Waals surface area contributed by atoms with Crippen molar-refractivity contribution in [1.29, 1.82) is 0 Å². The predicted octanol–water partition coefficient (Wildman–Crippen LogP) is 1.11. The van der Waals surface area contributed by atoms with E-state index in [4.69, 9.17) is 0 Å². The Balaban J connectivity index is 3.89. The molecule has 10 heavy (non-hydrogen) atoms. The summed E-state index contributed by atoms with van der Waals surface area (Å²) in [6.07, 6.45) is 0. The van der Waals surface area contributed by atoms with Crippen LogP contribution in [0.2, 0.25) is 4.44 Å². The van der Waals surface area contributed by atoms with E-state index in [9.17, 15) is 8.42 Å². The first-order valence-corrected chi connectivity index (χ1v) is 10.6. The minimum absolute atomic E-state index is 0.303. The third kappa shape index (κ3) is 5.53. The average Bonchev–Trinajstić information content (AvgIpc) is 1.59. The molecule has 0 aliphatic rings. The van der Waals surface area contributed by atoms with Crippen LogP contribution in [0.5, 0.6) is 0 Å². The maximum absolute atomic E-state index is 11.1. The van der Waals surface area contributed by atoms with Crippen LogP contribution in [0.1, 0.15) is 20.8 Å². The Hall–Kier alpha value is 0.749. The first-order valence-electron chi connectivity index (χ1n) is 3.45. The molecule has 0 rings (SSSR count). The van der Waals surface area contributed by atoms with Crippen molar-refractivity contribution in [3.8, 4) is 0 Å². The molecule has 4 heteroatoms. The predicted molar refractivity (Wildman–Crippen MR) is 44.9 cm³/mol. The Kier molecular flexibility index (Phi) is 4.93. The molecule has 0 aromatic carbocycles. The van der Waals surface area contributed by atoms with Gasteiger partial charge >= 0.3 is 72.1 Å². The molecule has 0 unspecified atom stereocenters. The quantitative estimate of drug-likeness (QED) is 0.716. The molecule has 0 amide bonds. The van der Waals surface area contributed by atoms with Gasteiger partial charge in [-0.1, -0.05) is 0 Å². The summed E-state index contributed by atoms with van der Waals surface area (Å²) in [6.45, 7) is 5.86. The number of hydrogen-bond acceptors (Lipinski definition) is 2. The molecule has 0 spiro atoms. The van der Waals surface area contributed by atoms with Gasteiger partial charge in [0, 0.05) is 0 Å². The third-order valence-corrected chi connectivity index (χ3v) is 10.4. The number of hydrogen-bond donors (Lipinski definition) is 0. The van der Waals surface area contributed by atoms with E-state index >= 15 is 0 Å². The van der Waals surface area contributed by atoms with E-state index in [1.807, 2.05) is 20.8 Å². The second-order valence-corrected chi connectivity index (χ2v) is 14.3. The average molecular weight is 269 g/mol. The molecular formula is C6H14O2SSn. The topological polar surface area (TPSA) is 34.1 Å². The van der Waals surface area contributed by atoms with E-state index in [0.29, 0.717) is 11.7 Å². The third-order valence-electron chi connectivity index (χ3n) is 0.917. The molecule has 2 nitrogen and oxygen atoms in total. The van der Waals surface area contributed by atoms with Crippen LogP contribution in [0.3, 0.4) is 0 Å². The van der Waals surface area contributed by atoms with E-state index in [0.717, 1.165) is 4.44 Å². The van der Waals surface area contributed by atoms with Gasteiger partial charge in [0.25, 0.3) is 0 Å². The fraction of sp³-hybridized carbons (Fsp3) is 1.00. The second kappa shape index (κ2) is 4.59. The molecule has 0 aromatic rings. The van der Waals surface area contributed by atoms with Crippen LogP contribution >= 0.6 is 0 Å². The minimum atomic E-state index is -2.56. The van der Waals surface area contributed by atoms with Crippen LogP contribution in [-0.2, 0) is 7.02 Å². The van der Waals surface area contributed by atoms with Crippen molar-refractivity contribution < 1.29 is 8.42 Å². The van der Waals surface area contributed by atoms with Crippen LogP contribution in [0.25, 0.3) is 0 Å². The van der Waals surface area contributed by atoms with Crippen molar-refractivity contribution in [3.63, 3.8) is 0 Å². The zero-order valence-electron chi connectivity index (χ0n) is 6.72. The van der Waals surface area contributed by atoms with Crippen molar-refractivity contribution in [2.45, 2.75) is 25.2 Å². The normalized spacial score (nSPS) is 12.4. The summed E-state index contributed by atoms with van der Waals surface area (Å²) in [7, 11) is -2.56. The molecular weight excluding hydrogens is 255 g/mol. The van der Waals surface area contributed by atoms with Gasteiger partial charge in [0.05, 0.1) is 0 Å². The van der Waals surface area contributed by atoms with Crippen molar-refractivity contribution in [2.75, 3.05) is 5.75 Å². The number of rotatable bonds is 4. The first kappa shape index (κ1) is 10.7. The standard InChI is InChI=1S/C4H9O2S.C2H5.Sn/c1-4(2)3-7(5)6;1-2;/h4H,3H2,1-2H3;1H2,2H3;. The Morgan fingerprint density at radius 2 is 1.90 bits per heavy atom. The maximum atomic E-state index is 11.1. The van der Waals surface area contributed by atoms with Gasteiger partial charge < -0.3 is 0 Å². The van der Waals surface area contributed by atoms with Gasteiger partial charge in [0.15, 0.2) is 0 Å². The fourth-order valence-corrected chi connectivity index (χ4v) is 9.78. The van der Waals surface area contributed by atoms with Crippen molar-refractivity contribution in [1.82, 2.24) is 0 Å². The van der Waals surface area contributed by atoms with Crippen LogP contribution in [0, 0.1) is 5.92 Å². The molecule has 0 aromatic heterocycles. The van der Waals surface area contributed by atoms with E-state index in [1.54, 1.807) is 0 Å². The molecule has 0 aliphatic carbocycles. The van der Waals surface area contributed by atoms with Gasteiger partial charge in [-0.25, -0.2) is 0 Å². The van der Waals surface area contributed by atoms with E-state index < -0.39 is 26.8 Å². The van der Waals surface area contributed by atoms with Crippen molar-refractivity contribution in [2.24, 2.45) is 5.92 Å². The van der Waals surface area contributed by atoms with Gasteiger partial charge in [-0.2, -0.15) is 0 Å². The molecule has 0 atom stereocenters. The molecule has 0 N–H and O–H groups in total. The molecule has 0 aliphatic heterocycles. The summed E-state index contributed by atoms with van der Waals surface area (Å²) >= 11 is -1.08. The Morgan fingerprint density at radius 1 is 1.40 bits per heavy atom.